The summed E-state index contributed by atoms with van der Waals surface area (Å²) in [6.45, 7) is 7.62. The predicted octanol–water partition coefficient (Wildman–Crippen LogP) is 3.20. The first-order valence-electron chi connectivity index (χ1n) is 11.9. The average Bonchev–Trinajstić information content (AvgIpc) is 2.77. The molecular weight excluding hydrogens is 478 g/mol. The van der Waals surface area contributed by atoms with Gasteiger partial charge in [0, 0.05) is 6.54 Å². The number of nitrogens with one attached hydrogen (secondary N) is 3. The summed E-state index contributed by atoms with van der Waals surface area (Å²) in [6.07, 6.45) is 7.88. The van der Waals surface area contributed by atoms with Crippen molar-refractivity contribution in [3.05, 3.63) is 29.8 Å². The molecule has 0 fully saturated rings. The van der Waals surface area contributed by atoms with Gasteiger partial charge in [0.25, 0.3) is 5.91 Å². The third-order valence-electron chi connectivity index (χ3n) is 5.52. The van der Waals surface area contributed by atoms with Gasteiger partial charge in [0.15, 0.2) is 0 Å². The van der Waals surface area contributed by atoms with Crippen LogP contribution < -0.4 is 14.9 Å². The minimum atomic E-state index is -4.00. The van der Waals surface area contributed by atoms with Gasteiger partial charge in [-0.25, -0.2) is 31.8 Å². The third-order valence-corrected chi connectivity index (χ3v) is 8.43. The number of benzene rings is 1. The van der Waals surface area contributed by atoms with Crippen molar-refractivity contribution < 1.29 is 26.8 Å². The number of carbonyl (C=O) groups is 1. The topological polar surface area (TPSA) is 142 Å². The van der Waals surface area contributed by atoms with Crippen molar-refractivity contribution in [1.29, 1.82) is 0 Å². The van der Waals surface area contributed by atoms with Crippen molar-refractivity contribution in [2.75, 3.05) is 12.3 Å². The highest BCUT2D eigenvalue weighted by Gasteiger charge is 2.26. The molecule has 196 valence electrons. The Bertz CT molecular complexity index is 955. The van der Waals surface area contributed by atoms with Crippen molar-refractivity contribution in [2.45, 2.75) is 95.4 Å². The summed E-state index contributed by atoms with van der Waals surface area (Å²) in [5, 5.41) is 8.98. The monoisotopic (exact) mass is 519 g/mol. The zero-order chi connectivity index (χ0) is 25.8. The average molecular weight is 520 g/mol. The maximum Gasteiger partial charge on any atom is 0.262 e. The van der Waals surface area contributed by atoms with E-state index < -0.39 is 38.5 Å². The van der Waals surface area contributed by atoms with Gasteiger partial charge in [-0.2, -0.15) is 0 Å². The van der Waals surface area contributed by atoms with E-state index in [1.165, 1.54) is 36.9 Å². The van der Waals surface area contributed by atoms with Crippen LogP contribution >= 0.6 is 0 Å². The highest BCUT2D eigenvalue weighted by molar-refractivity contribution is 7.89. The number of rotatable bonds is 16. The fourth-order valence-electron chi connectivity index (χ4n) is 3.38. The fourth-order valence-corrected chi connectivity index (χ4v) is 5.75. The summed E-state index contributed by atoms with van der Waals surface area (Å²) < 4.78 is 54.5. The minimum absolute atomic E-state index is 0.00884. The molecule has 0 aromatic heterocycles. The van der Waals surface area contributed by atoms with Gasteiger partial charge in [-0.15, -0.1) is 0 Å². The Morgan fingerprint density at radius 3 is 1.94 bits per heavy atom. The molecule has 0 radical (unpaired) electrons. The van der Waals surface area contributed by atoms with Crippen LogP contribution in [-0.4, -0.2) is 46.3 Å². The molecule has 34 heavy (non-hydrogen) atoms. The lowest BCUT2D eigenvalue weighted by Gasteiger charge is -2.20. The van der Waals surface area contributed by atoms with Crippen molar-refractivity contribution in [2.24, 2.45) is 0 Å². The first kappa shape index (κ1) is 30.5. The number of hydrogen-bond donors (Lipinski definition) is 4. The second-order valence-corrected chi connectivity index (χ2v) is 13.2. The molecule has 0 aliphatic heterocycles. The highest BCUT2D eigenvalue weighted by atomic mass is 32.2. The fraction of sp³-hybridized carbons (Fsp3) is 0.696. The van der Waals surface area contributed by atoms with E-state index in [-0.39, 0.29) is 16.1 Å². The van der Waals surface area contributed by atoms with Gasteiger partial charge in [-0.05, 0) is 29.5 Å². The number of amides is 1. The molecule has 11 heteroatoms. The van der Waals surface area contributed by atoms with Crippen molar-refractivity contribution in [3.63, 3.8) is 0 Å². The molecule has 1 amide bonds. The highest BCUT2D eigenvalue weighted by Crippen LogP contribution is 2.23. The molecule has 0 spiro atoms. The lowest BCUT2D eigenvalue weighted by molar-refractivity contribution is -0.130. The smallest absolute Gasteiger partial charge is 0.262 e. The van der Waals surface area contributed by atoms with Crippen molar-refractivity contribution in [3.8, 4) is 0 Å². The van der Waals surface area contributed by atoms with E-state index in [0.717, 1.165) is 31.2 Å². The van der Waals surface area contributed by atoms with Crippen LogP contribution in [0, 0.1) is 0 Å². The van der Waals surface area contributed by atoms with Crippen LogP contribution in [0.3, 0.4) is 0 Å². The molecule has 0 aliphatic rings. The second kappa shape index (κ2) is 14.1. The molecule has 1 unspecified atom stereocenters. The molecule has 0 saturated carbocycles. The summed E-state index contributed by atoms with van der Waals surface area (Å²) in [5.41, 5.74) is 2.20. The number of sulfonamides is 2. The zero-order valence-electron chi connectivity index (χ0n) is 20.8. The van der Waals surface area contributed by atoms with Gasteiger partial charge >= 0.3 is 0 Å². The van der Waals surface area contributed by atoms with Gasteiger partial charge < -0.3 is 0 Å². The summed E-state index contributed by atoms with van der Waals surface area (Å²) >= 11 is 0. The summed E-state index contributed by atoms with van der Waals surface area (Å²) in [7, 11) is -7.84. The van der Waals surface area contributed by atoms with Crippen LogP contribution in [0.2, 0.25) is 0 Å². The number of carbonyl (C=O) groups excluding carboxylic acids is 1. The number of hydrogen-bond acceptors (Lipinski definition) is 6. The largest absolute Gasteiger partial charge is 0.289 e. The molecule has 0 aliphatic carbocycles. The lowest BCUT2D eigenvalue weighted by atomic mass is 9.87. The Balaban J connectivity index is 2.66. The van der Waals surface area contributed by atoms with E-state index >= 15 is 0 Å². The van der Waals surface area contributed by atoms with E-state index in [4.69, 9.17) is 5.21 Å². The minimum Gasteiger partial charge on any atom is -0.289 e. The molecule has 0 saturated heterocycles. The Labute approximate surface area is 205 Å². The molecular formula is C23H41N3O6S2. The molecule has 0 heterocycles. The quantitative estimate of drug-likeness (QED) is 0.150. The number of unbranched alkanes of at least 4 members (excludes halogenated alkanes) is 7. The first-order valence-corrected chi connectivity index (χ1v) is 15.0. The van der Waals surface area contributed by atoms with E-state index in [2.05, 4.69) is 16.4 Å². The molecule has 1 rings (SSSR count). The first-order chi connectivity index (χ1) is 15.8. The van der Waals surface area contributed by atoms with E-state index in [0.29, 0.717) is 6.42 Å². The normalized spacial score (nSPS) is 13.6. The molecule has 9 nitrogen and oxygen atoms in total. The Morgan fingerprint density at radius 2 is 1.44 bits per heavy atom. The second-order valence-electron chi connectivity index (χ2n) is 9.57. The van der Waals surface area contributed by atoms with E-state index in [9.17, 15) is 21.6 Å². The van der Waals surface area contributed by atoms with Crippen LogP contribution in [0.25, 0.3) is 0 Å². The Kier molecular flexibility index (Phi) is 12.7. The summed E-state index contributed by atoms with van der Waals surface area (Å²) in [5.74, 6) is -1.23. The molecule has 1 aromatic rings. The lowest BCUT2D eigenvalue weighted by Crippen LogP contribution is -2.52. The van der Waals surface area contributed by atoms with Gasteiger partial charge in [0.1, 0.15) is 6.04 Å². The molecule has 1 atom stereocenters. The van der Waals surface area contributed by atoms with Crippen LogP contribution in [0.15, 0.2) is 29.2 Å². The summed E-state index contributed by atoms with van der Waals surface area (Å²) in [4.78, 5) is 12.0. The Hall–Kier alpha value is -1.53. The van der Waals surface area contributed by atoms with Crippen molar-refractivity contribution >= 4 is 26.0 Å². The van der Waals surface area contributed by atoms with Crippen LogP contribution in [-0.2, 0) is 30.3 Å². The SMILES string of the molecule is CCCCCCCCCCS(=O)(=O)NC(CNS(=O)(=O)c1ccc(C(C)(C)C)cc1)C(=O)NO. The van der Waals surface area contributed by atoms with Gasteiger partial charge in [0.05, 0.1) is 10.6 Å². The van der Waals surface area contributed by atoms with E-state index in [1.54, 1.807) is 12.1 Å². The zero-order valence-corrected chi connectivity index (χ0v) is 22.4. The van der Waals surface area contributed by atoms with Crippen LogP contribution in [0.4, 0.5) is 0 Å². The molecule has 1 aromatic carbocycles. The van der Waals surface area contributed by atoms with Gasteiger partial charge in [-0.3, -0.25) is 10.0 Å². The maximum atomic E-state index is 12.6. The molecule has 0 bridgehead atoms. The van der Waals surface area contributed by atoms with E-state index in [1.807, 2.05) is 20.8 Å². The van der Waals surface area contributed by atoms with Crippen molar-refractivity contribution in [1.82, 2.24) is 14.9 Å². The predicted molar refractivity (Wildman–Crippen MR) is 134 cm³/mol. The Morgan fingerprint density at radius 1 is 0.912 bits per heavy atom. The number of hydroxylamine groups is 1. The summed E-state index contributed by atoms with van der Waals surface area (Å²) in [6, 6.07) is 4.83. The van der Waals surface area contributed by atoms with Gasteiger partial charge in [-0.1, -0.05) is 84.8 Å². The van der Waals surface area contributed by atoms with Crippen LogP contribution in [0.1, 0.15) is 84.6 Å². The van der Waals surface area contributed by atoms with Gasteiger partial charge in [0.2, 0.25) is 20.0 Å². The third kappa shape index (κ3) is 11.3. The maximum absolute atomic E-state index is 12.6. The molecule has 4 N–H and O–H groups in total. The standard InChI is InChI=1S/C23H41N3O6S2/c1-5-6-7-8-9-10-11-12-17-33(29,30)26-21(22(27)25-28)18-24-34(31,32)20-15-13-19(14-16-20)23(2,3)4/h13-16,21,24,26,28H,5-12,17-18H2,1-4H3,(H,25,27). The van der Waals surface area contributed by atoms with Crippen LogP contribution in [0.5, 0.6) is 0 Å².